The van der Waals surface area contributed by atoms with Crippen LogP contribution in [0.5, 0.6) is 0 Å². The molecule has 0 saturated heterocycles. The van der Waals surface area contributed by atoms with Crippen LogP contribution < -0.4 is 0 Å². The van der Waals surface area contributed by atoms with Crippen LogP contribution in [0.25, 0.3) is 0 Å². The van der Waals surface area contributed by atoms with Gasteiger partial charge in [-0.3, -0.25) is 4.79 Å². The van der Waals surface area contributed by atoms with Crippen molar-refractivity contribution in [3.8, 4) is 0 Å². The van der Waals surface area contributed by atoms with Crippen molar-refractivity contribution in [1.82, 2.24) is 4.90 Å². The van der Waals surface area contributed by atoms with Gasteiger partial charge in [-0.25, -0.2) is 4.79 Å². The van der Waals surface area contributed by atoms with E-state index in [9.17, 15) is 9.59 Å². The minimum atomic E-state index is -0.620. The Kier molecular flexibility index (Phi) is 7.09. The molecule has 0 heterocycles. The average Bonchev–Trinajstić information content (AvgIpc) is 2.48. The summed E-state index contributed by atoms with van der Waals surface area (Å²) in [5, 5.41) is 0. The summed E-state index contributed by atoms with van der Waals surface area (Å²) in [5.74, 6) is -0.142. The van der Waals surface area contributed by atoms with Crippen molar-refractivity contribution >= 4 is 23.5 Å². The molecule has 0 aliphatic heterocycles. The molecule has 0 fully saturated rings. The fraction of sp³-hybridized carbons (Fsp3) is 0.467. The summed E-state index contributed by atoms with van der Waals surface area (Å²) < 4.78 is 4.98. The van der Waals surface area contributed by atoms with E-state index >= 15 is 0 Å². The molecule has 0 aromatic heterocycles. The summed E-state index contributed by atoms with van der Waals surface area (Å²) in [7, 11) is 0. The summed E-state index contributed by atoms with van der Waals surface area (Å²) in [4.78, 5) is 25.8. The zero-order valence-electron chi connectivity index (χ0n) is 11.8. The molecule has 0 N–H and O–H groups in total. The molecule has 0 radical (unpaired) electrons. The maximum absolute atomic E-state index is 12.5. The number of carbonyl (C=O) groups is 2. The first-order chi connectivity index (χ1) is 9.61. The second-order valence-electron chi connectivity index (χ2n) is 4.34. The summed E-state index contributed by atoms with van der Waals surface area (Å²) in [6.45, 7) is 4.14. The number of hydrogen-bond acceptors (Lipinski definition) is 3. The molecule has 0 bridgehead atoms. The molecule has 1 aromatic carbocycles. The quantitative estimate of drug-likeness (QED) is 0.574. The highest BCUT2D eigenvalue weighted by atomic mass is 35.5. The zero-order valence-corrected chi connectivity index (χ0v) is 12.6. The first kappa shape index (κ1) is 16.5. The maximum Gasteiger partial charge on any atom is 0.328 e. The van der Waals surface area contributed by atoms with Gasteiger partial charge in [0.15, 0.2) is 0 Å². The highest BCUT2D eigenvalue weighted by molar-refractivity contribution is 6.17. The van der Waals surface area contributed by atoms with Gasteiger partial charge in [-0.1, -0.05) is 18.2 Å². The van der Waals surface area contributed by atoms with Crippen LogP contribution in [-0.4, -0.2) is 41.8 Å². The average molecular weight is 298 g/mol. The van der Waals surface area contributed by atoms with E-state index in [1.165, 1.54) is 4.90 Å². The van der Waals surface area contributed by atoms with Gasteiger partial charge in [0.1, 0.15) is 6.04 Å². The van der Waals surface area contributed by atoms with Gasteiger partial charge >= 0.3 is 5.97 Å². The van der Waals surface area contributed by atoms with Crippen LogP contribution in [-0.2, 0) is 9.53 Å². The Morgan fingerprint density at radius 2 is 1.95 bits per heavy atom. The van der Waals surface area contributed by atoms with Crippen LogP contribution in [0.2, 0.25) is 0 Å². The van der Waals surface area contributed by atoms with Crippen molar-refractivity contribution in [3.63, 3.8) is 0 Å². The lowest BCUT2D eigenvalue weighted by molar-refractivity contribution is -0.147. The van der Waals surface area contributed by atoms with Gasteiger partial charge in [-0.15, -0.1) is 11.6 Å². The Bertz CT molecular complexity index is 436. The molecule has 0 unspecified atom stereocenters. The fourth-order valence-electron chi connectivity index (χ4n) is 1.84. The predicted octanol–water partition coefficient (Wildman–Crippen LogP) is 2.71. The van der Waals surface area contributed by atoms with E-state index in [2.05, 4.69) is 0 Å². The van der Waals surface area contributed by atoms with Crippen LogP contribution >= 0.6 is 11.6 Å². The van der Waals surface area contributed by atoms with Crippen LogP contribution in [0.15, 0.2) is 30.3 Å². The number of esters is 1. The van der Waals surface area contributed by atoms with Crippen molar-refractivity contribution in [1.29, 1.82) is 0 Å². The molecule has 110 valence electrons. The number of ether oxygens (including phenoxy) is 1. The zero-order chi connectivity index (χ0) is 15.0. The van der Waals surface area contributed by atoms with Crippen molar-refractivity contribution in [2.75, 3.05) is 19.0 Å². The summed E-state index contributed by atoms with van der Waals surface area (Å²) in [5.41, 5.74) is 0.554. The molecule has 0 saturated carbocycles. The van der Waals surface area contributed by atoms with E-state index in [1.54, 1.807) is 38.1 Å². The van der Waals surface area contributed by atoms with Gasteiger partial charge in [0.25, 0.3) is 5.91 Å². The van der Waals surface area contributed by atoms with E-state index in [4.69, 9.17) is 16.3 Å². The van der Waals surface area contributed by atoms with Gasteiger partial charge < -0.3 is 9.64 Å². The summed E-state index contributed by atoms with van der Waals surface area (Å²) in [6.07, 6.45) is 0.629. The highest BCUT2D eigenvalue weighted by Gasteiger charge is 2.27. The molecule has 1 amide bonds. The largest absolute Gasteiger partial charge is 0.464 e. The first-order valence-corrected chi connectivity index (χ1v) is 7.23. The molecule has 0 aliphatic carbocycles. The van der Waals surface area contributed by atoms with Gasteiger partial charge in [-0.05, 0) is 32.4 Å². The molecule has 0 spiro atoms. The van der Waals surface area contributed by atoms with Crippen molar-refractivity contribution in [2.24, 2.45) is 0 Å². The molecule has 4 nitrogen and oxygen atoms in total. The smallest absolute Gasteiger partial charge is 0.328 e. The highest BCUT2D eigenvalue weighted by Crippen LogP contribution is 2.11. The fourth-order valence-corrected chi connectivity index (χ4v) is 1.96. The minimum absolute atomic E-state index is 0.184. The third-order valence-corrected chi connectivity index (χ3v) is 3.18. The van der Waals surface area contributed by atoms with Crippen LogP contribution in [0.3, 0.4) is 0 Å². The van der Waals surface area contributed by atoms with E-state index in [-0.39, 0.29) is 5.91 Å². The van der Waals surface area contributed by atoms with E-state index in [0.717, 1.165) is 0 Å². The third-order valence-electron chi connectivity index (χ3n) is 2.91. The Balaban J connectivity index is 2.88. The summed E-state index contributed by atoms with van der Waals surface area (Å²) in [6, 6.07) is 8.27. The lowest BCUT2D eigenvalue weighted by Crippen LogP contribution is -2.44. The molecule has 0 aliphatic rings. The predicted molar refractivity (Wildman–Crippen MR) is 78.9 cm³/mol. The van der Waals surface area contributed by atoms with Gasteiger partial charge in [-0.2, -0.15) is 0 Å². The minimum Gasteiger partial charge on any atom is -0.464 e. The van der Waals surface area contributed by atoms with Crippen LogP contribution in [0, 0.1) is 0 Å². The Morgan fingerprint density at radius 3 is 2.50 bits per heavy atom. The SMILES string of the molecule is CCOC(=O)[C@@H](C)N(CCCCl)C(=O)c1ccccc1. The molecular weight excluding hydrogens is 278 g/mol. The van der Waals surface area contributed by atoms with Gasteiger partial charge in [0.05, 0.1) is 6.61 Å². The molecule has 1 rings (SSSR count). The second kappa shape index (κ2) is 8.59. The number of rotatable bonds is 7. The number of alkyl halides is 1. The maximum atomic E-state index is 12.5. The molecule has 1 atom stereocenters. The van der Waals surface area contributed by atoms with Crippen LogP contribution in [0.1, 0.15) is 30.6 Å². The molecular formula is C15H20ClNO3. The monoisotopic (exact) mass is 297 g/mol. The summed E-state index contributed by atoms with van der Waals surface area (Å²) >= 11 is 5.69. The van der Waals surface area contributed by atoms with Crippen LogP contribution in [0.4, 0.5) is 0 Å². The van der Waals surface area contributed by atoms with E-state index in [0.29, 0.717) is 31.0 Å². The van der Waals surface area contributed by atoms with Gasteiger partial charge in [0.2, 0.25) is 0 Å². The van der Waals surface area contributed by atoms with Crippen molar-refractivity contribution < 1.29 is 14.3 Å². The first-order valence-electron chi connectivity index (χ1n) is 6.70. The molecule has 1 aromatic rings. The second-order valence-corrected chi connectivity index (χ2v) is 4.71. The Hall–Kier alpha value is -1.55. The standard InChI is InChI=1S/C15H20ClNO3/c1-3-20-15(19)12(2)17(11-7-10-16)14(18)13-8-5-4-6-9-13/h4-6,8-9,12H,3,7,10-11H2,1-2H3/t12-/m1/s1. The number of benzene rings is 1. The van der Waals surface area contributed by atoms with Crippen molar-refractivity contribution in [3.05, 3.63) is 35.9 Å². The van der Waals surface area contributed by atoms with E-state index < -0.39 is 12.0 Å². The number of nitrogens with zero attached hydrogens (tertiary/aromatic N) is 1. The number of hydrogen-bond donors (Lipinski definition) is 0. The Morgan fingerprint density at radius 1 is 1.30 bits per heavy atom. The molecule has 5 heteroatoms. The van der Waals surface area contributed by atoms with E-state index in [1.807, 2.05) is 6.07 Å². The topological polar surface area (TPSA) is 46.6 Å². The number of carbonyl (C=O) groups excluding carboxylic acids is 2. The van der Waals surface area contributed by atoms with Crippen molar-refractivity contribution in [2.45, 2.75) is 26.3 Å². The number of amides is 1. The lowest BCUT2D eigenvalue weighted by atomic mass is 10.1. The lowest BCUT2D eigenvalue weighted by Gasteiger charge is -2.27. The normalized spacial score (nSPS) is 11.8. The number of halogens is 1. The molecule has 20 heavy (non-hydrogen) atoms. The third kappa shape index (κ3) is 4.53. The Labute approximate surface area is 124 Å². The van der Waals surface area contributed by atoms with Gasteiger partial charge in [0, 0.05) is 18.0 Å².